The third-order valence-corrected chi connectivity index (χ3v) is 3.63. The SMILES string of the molecule is O=C1Nc2cc([N+](=O)[O-])ccc2C2N1NC(=O)N2n1ccnc1. The Balaban J connectivity index is 1.85. The van der Waals surface area contributed by atoms with Gasteiger partial charge < -0.3 is 5.32 Å². The topological polar surface area (TPSA) is 126 Å². The summed E-state index contributed by atoms with van der Waals surface area (Å²) < 4.78 is 1.43. The summed E-state index contributed by atoms with van der Waals surface area (Å²) in [5, 5.41) is 15.8. The van der Waals surface area contributed by atoms with E-state index in [1.807, 2.05) is 0 Å². The maximum absolute atomic E-state index is 12.2. The molecular weight excluding hydrogens is 306 g/mol. The van der Waals surface area contributed by atoms with E-state index in [1.54, 1.807) is 6.20 Å². The highest BCUT2D eigenvalue weighted by atomic mass is 16.6. The number of non-ortho nitro benzene ring substituents is 1. The van der Waals surface area contributed by atoms with Gasteiger partial charge in [0, 0.05) is 30.1 Å². The van der Waals surface area contributed by atoms with E-state index in [-0.39, 0.29) is 11.4 Å². The fourth-order valence-corrected chi connectivity index (χ4v) is 2.65. The molecule has 2 aliphatic rings. The number of anilines is 1. The van der Waals surface area contributed by atoms with Crippen LogP contribution in [0.3, 0.4) is 0 Å². The number of fused-ring (bicyclic) bond motifs is 3. The average molecular weight is 315 g/mol. The normalized spacial score (nSPS) is 19.0. The monoisotopic (exact) mass is 315 g/mol. The van der Waals surface area contributed by atoms with Crippen LogP contribution in [0, 0.1) is 10.1 Å². The molecule has 1 aromatic carbocycles. The van der Waals surface area contributed by atoms with E-state index in [0.717, 1.165) is 5.01 Å². The number of amides is 4. The van der Waals surface area contributed by atoms with Crippen LogP contribution >= 0.6 is 0 Å². The van der Waals surface area contributed by atoms with Crippen molar-refractivity contribution in [3.8, 4) is 0 Å². The Bertz CT molecular complexity index is 834. The van der Waals surface area contributed by atoms with Gasteiger partial charge in [-0.3, -0.25) is 10.1 Å². The van der Waals surface area contributed by atoms with Gasteiger partial charge in [-0.05, 0) is 6.07 Å². The number of imidazole rings is 1. The molecule has 11 nitrogen and oxygen atoms in total. The Hall–Kier alpha value is -3.63. The second-order valence-electron chi connectivity index (χ2n) is 4.91. The minimum absolute atomic E-state index is 0.149. The lowest BCUT2D eigenvalue weighted by Gasteiger charge is -2.33. The zero-order valence-electron chi connectivity index (χ0n) is 11.4. The van der Waals surface area contributed by atoms with E-state index in [2.05, 4.69) is 15.7 Å². The first-order valence-corrected chi connectivity index (χ1v) is 6.53. The van der Waals surface area contributed by atoms with Crippen LogP contribution in [-0.2, 0) is 0 Å². The molecule has 0 bridgehead atoms. The maximum Gasteiger partial charge on any atom is 0.357 e. The van der Waals surface area contributed by atoms with Crippen molar-refractivity contribution in [1.82, 2.24) is 20.1 Å². The van der Waals surface area contributed by atoms with Crippen LogP contribution in [0.1, 0.15) is 11.7 Å². The maximum atomic E-state index is 12.2. The van der Waals surface area contributed by atoms with E-state index in [9.17, 15) is 19.7 Å². The number of aromatic nitrogens is 2. The van der Waals surface area contributed by atoms with Gasteiger partial charge in [-0.2, -0.15) is 5.01 Å². The van der Waals surface area contributed by atoms with Gasteiger partial charge in [0.05, 0.1) is 10.6 Å². The van der Waals surface area contributed by atoms with Gasteiger partial charge >= 0.3 is 12.1 Å². The molecule has 116 valence electrons. The lowest BCUT2D eigenvalue weighted by atomic mass is 10.1. The first kappa shape index (κ1) is 13.1. The Morgan fingerprint density at radius 2 is 2.09 bits per heavy atom. The molecule has 2 aliphatic heterocycles. The third kappa shape index (κ3) is 1.79. The number of nitro benzene ring substituents is 1. The van der Waals surface area contributed by atoms with Crippen molar-refractivity contribution in [3.05, 3.63) is 52.6 Å². The number of nitrogens with zero attached hydrogens (tertiary/aromatic N) is 5. The van der Waals surface area contributed by atoms with Gasteiger partial charge in [-0.15, -0.1) is 0 Å². The van der Waals surface area contributed by atoms with E-state index >= 15 is 0 Å². The van der Waals surface area contributed by atoms with Crippen molar-refractivity contribution in [2.24, 2.45) is 0 Å². The summed E-state index contributed by atoms with van der Waals surface area (Å²) in [7, 11) is 0. The summed E-state index contributed by atoms with van der Waals surface area (Å²) in [6.45, 7) is 0. The Labute approximate surface area is 128 Å². The van der Waals surface area contributed by atoms with Gasteiger partial charge in [0.25, 0.3) is 5.69 Å². The summed E-state index contributed by atoms with van der Waals surface area (Å²) in [5.41, 5.74) is 3.13. The van der Waals surface area contributed by atoms with Crippen molar-refractivity contribution >= 4 is 23.4 Å². The van der Waals surface area contributed by atoms with E-state index in [1.165, 1.54) is 40.4 Å². The predicted octanol–water partition coefficient (Wildman–Crippen LogP) is 0.914. The molecule has 1 fully saturated rings. The molecule has 0 spiro atoms. The second kappa shape index (κ2) is 4.43. The van der Waals surface area contributed by atoms with Crippen molar-refractivity contribution < 1.29 is 14.5 Å². The first-order chi connectivity index (χ1) is 11.1. The molecule has 3 heterocycles. The molecule has 4 rings (SSSR count). The lowest BCUT2D eigenvalue weighted by molar-refractivity contribution is -0.384. The molecule has 1 unspecified atom stereocenters. The van der Waals surface area contributed by atoms with Crippen molar-refractivity contribution in [2.75, 3.05) is 10.3 Å². The number of nitrogens with one attached hydrogen (secondary N) is 2. The van der Waals surface area contributed by atoms with Crippen LogP contribution in [0.4, 0.5) is 21.0 Å². The molecule has 1 saturated heterocycles. The number of benzene rings is 1. The molecule has 23 heavy (non-hydrogen) atoms. The molecule has 0 radical (unpaired) electrons. The molecule has 0 aliphatic carbocycles. The third-order valence-electron chi connectivity index (χ3n) is 3.63. The smallest absolute Gasteiger partial charge is 0.306 e. The Kier molecular flexibility index (Phi) is 2.52. The molecule has 0 saturated carbocycles. The summed E-state index contributed by atoms with van der Waals surface area (Å²) in [6.07, 6.45) is 3.69. The molecule has 11 heteroatoms. The van der Waals surface area contributed by atoms with Gasteiger partial charge in [-0.25, -0.2) is 29.7 Å². The van der Waals surface area contributed by atoms with Crippen molar-refractivity contribution in [1.29, 1.82) is 0 Å². The molecule has 1 atom stereocenters. The number of carbonyl (C=O) groups is 2. The van der Waals surface area contributed by atoms with E-state index < -0.39 is 23.2 Å². The number of hydrogen-bond acceptors (Lipinski definition) is 5. The van der Waals surface area contributed by atoms with Crippen LogP contribution in [0.5, 0.6) is 0 Å². The molecule has 2 aromatic rings. The Morgan fingerprint density at radius 3 is 2.78 bits per heavy atom. The molecule has 2 N–H and O–H groups in total. The standard InChI is InChI=1S/C12H9N7O4/c20-11-14-9-5-7(19(22)23)1-2-8(9)10-17(11)15-12(21)18(10)16-4-3-13-6-16/h1-6,10H,(H,14,20)(H,15,21). The van der Waals surface area contributed by atoms with Crippen LogP contribution in [0.25, 0.3) is 0 Å². The highest BCUT2D eigenvalue weighted by molar-refractivity contribution is 5.99. The van der Waals surface area contributed by atoms with E-state index in [4.69, 9.17) is 0 Å². The lowest BCUT2D eigenvalue weighted by Crippen LogP contribution is -2.47. The fraction of sp³-hybridized carbons (Fsp3) is 0.0833. The number of urea groups is 2. The van der Waals surface area contributed by atoms with Gasteiger partial charge in [0.1, 0.15) is 6.33 Å². The summed E-state index contributed by atoms with van der Waals surface area (Å²) in [5.74, 6) is 0. The molecular formula is C12H9N7O4. The minimum Gasteiger partial charge on any atom is -0.306 e. The average Bonchev–Trinajstić information content (AvgIpc) is 3.13. The van der Waals surface area contributed by atoms with Crippen molar-refractivity contribution in [3.63, 3.8) is 0 Å². The number of nitro groups is 1. The predicted molar refractivity (Wildman–Crippen MR) is 75.7 cm³/mol. The number of rotatable bonds is 2. The Morgan fingerprint density at radius 1 is 1.26 bits per heavy atom. The van der Waals surface area contributed by atoms with Crippen LogP contribution in [0.2, 0.25) is 0 Å². The highest BCUT2D eigenvalue weighted by Crippen LogP contribution is 2.38. The van der Waals surface area contributed by atoms with Crippen molar-refractivity contribution in [2.45, 2.75) is 6.17 Å². The number of hydrogen-bond donors (Lipinski definition) is 2. The quantitative estimate of drug-likeness (QED) is 0.629. The van der Waals surface area contributed by atoms with Crippen LogP contribution < -0.4 is 15.8 Å². The van der Waals surface area contributed by atoms with Crippen LogP contribution in [-0.4, -0.2) is 31.7 Å². The van der Waals surface area contributed by atoms with Gasteiger partial charge in [0.2, 0.25) is 0 Å². The zero-order chi connectivity index (χ0) is 16.1. The number of hydrazine groups is 1. The second-order valence-corrected chi connectivity index (χ2v) is 4.91. The largest absolute Gasteiger partial charge is 0.357 e. The highest BCUT2D eigenvalue weighted by Gasteiger charge is 2.47. The minimum atomic E-state index is -0.777. The van der Waals surface area contributed by atoms with E-state index in [0.29, 0.717) is 5.56 Å². The summed E-state index contributed by atoms with van der Waals surface area (Å²) in [6, 6.07) is 2.99. The number of carbonyl (C=O) groups excluding carboxylic acids is 2. The first-order valence-electron chi connectivity index (χ1n) is 6.53. The summed E-state index contributed by atoms with van der Waals surface area (Å²) >= 11 is 0. The van der Waals surface area contributed by atoms with Gasteiger partial charge in [0.15, 0.2) is 6.17 Å². The fourth-order valence-electron chi connectivity index (χ4n) is 2.65. The summed E-state index contributed by atoms with van der Waals surface area (Å²) in [4.78, 5) is 38.6. The van der Waals surface area contributed by atoms with Gasteiger partial charge in [-0.1, -0.05) is 0 Å². The zero-order valence-corrected chi connectivity index (χ0v) is 11.4. The molecule has 1 aromatic heterocycles. The van der Waals surface area contributed by atoms with Crippen LogP contribution in [0.15, 0.2) is 36.9 Å². The molecule has 4 amide bonds.